The summed E-state index contributed by atoms with van der Waals surface area (Å²) < 4.78 is 4.66. The van der Waals surface area contributed by atoms with Crippen LogP contribution < -0.4 is 5.32 Å². The summed E-state index contributed by atoms with van der Waals surface area (Å²) in [5.74, 6) is -0.433. The van der Waals surface area contributed by atoms with Crippen molar-refractivity contribution in [1.82, 2.24) is 9.88 Å². The van der Waals surface area contributed by atoms with Crippen molar-refractivity contribution in [3.8, 4) is 6.07 Å². The number of hydrogen-bond acceptors (Lipinski definition) is 6. The van der Waals surface area contributed by atoms with Crippen molar-refractivity contribution >= 4 is 11.7 Å². The lowest BCUT2D eigenvalue weighted by Gasteiger charge is -2.31. The van der Waals surface area contributed by atoms with Crippen LogP contribution in [0.4, 0.5) is 5.69 Å². The molecule has 0 amide bonds. The highest BCUT2D eigenvalue weighted by Crippen LogP contribution is 2.17. The zero-order chi connectivity index (χ0) is 14.4. The van der Waals surface area contributed by atoms with E-state index >= 15 is 0 Å². The summed E-state index contributed by atoms with van der Waals surface area (Å²) in [5.41, 5.74) is 1.18. The van der Waals surface area contributed by atoms with Crippen LogP contribution in [0.3, 0.4) is 0 Å². The fraction of sp³-hybridized carbons (Fsp3) is 0.500. The number of piperidine rings is 1. The van der Waals surface area contributed by atoms with E-state index in [1.807, 2.05) is 6.07 Å². The average Bonchev–Trinajstić information content (AvgIpc) is 2.49. The van der Waals surface area contributed by atoms with Crippen LogP contribution in [0.2, 0.25) is 0 Å². The van der Waals surface area contributed by atoms with E-state index in [9.17, 15) is 4.79 Å². The van der Waals surface area contributed by atoms with Crippen molar-refractivity contribution in [2.45, 2.75) is 18.9 Å². The number of carbonyl (C=O) groups is 1. The summed E-state index contributed by atoms with van der Waals surface area (Å²) in [4.78, 5) is 17.5. The predicted octanol–water partition coefficient (Wildman–Crippen LogP) is 1.27. The molecule has 0 saturated carbocycles. The quantitative estimate of drug-likeness (QED) is 0.658. The van der Waals surface area contributed by atoms with Crippen LogP contribution in [0.5, 0.6) is 0 Å². The van der Waals surface area contributed by atoms with Gasteiger partial charge in [0.2, 0.25) is 0 Å². The standard InChI is InChI=1S/C14H18N4O2/c1-20-14(19)13-10-12(2-6-16-13)17-11-3-7-18(8-4-11)9-5-15/h2,6,10-11H,3-4,7-9H2,1H3,(H,16,17). The molecule has 6 nitrogen and oxygen atoms in total. The Balaban J connectivity index is 1.91. The Morgan fingerprint density at radius 2 is 2.35 bits per heavy atom. The van der Waals surface area contributed by atoms with Gasteiger partial charge in [-0.15, -0.1) is 0 Å². The Labute approximate surface area is 118 Å². The van der Waals surface area contributed by atoms with Crippen LogP contribution in [-0.2, 0) is 4.74 Å². The highest BCUT2D eigenvalue weighted by Gasteiger charge is 2.19. The van der Waals surface area contributed by atoms with Gasteiger partial charge in [0.1, 0.15) is 5.69 Å². The Morgan fingerprint density at radius 1 is 1.60 bits per heavy atom. The minimum Gasteiger partial charge on any atom is -0.464 e. The van der Waals surface area contributed by atoms with Crippen molar-refractivity contribution in [2.24, 2.45) is 0 Å². The third kappa shape index (κ3) is 3.68. The van der Waals surface area contributed by atoms with E-state index in [1.54, 1.807) is 12.3 Å². The lowest BCUT2D eigenvalue weighted by Crippen LogP contribution is -2.39. The fourth-order valence-electron chi connectivity index (χ4n) is 2.31. The van der Waals surface area contributed by atoms with Crippen molar-refractivity contribution in [3.05, 3.63) is 24.0 Å². The third-order valence-electron chi connectivity index (χ3n) is 3.41. The molecule has 2 heterocycles. The lowest BCUT2D eigenvalue weighted by molar-refractivity contribution is 0.0594. The Morgan fingerprint density at radius 3 is 3.00 bits per heavy atom. The third-order valence-corrected chi connectivity index (χ3v) is 3.41. The van der Waals surface area contributed by atoms with Gasteiger partial charge in [0.25, 0.3) is 0 Å². The summed E-state index contributed by atoms with van der Waals surface area (Å²) in [5, 5.41) is 12.1. The molecule has 0 bridgehead atoms. The minimum atomic E-state index is -0.433. The maximum absolute atomic E-state index is 11.4. The number of pyridine rings is 1. The SMILES string of the molecule is COC(=O)c1cc(NC2CCN(CC#N)CC2)ccn1. The molecule has 1 aliphatic heterocycles. The van der Waals surface area contributed by atoms with Gasteiger partial charge in [0, 0.05) is 31.0 Å². The molecule has 1 aromatic rings. The van der Waals surface area contributed by atoms with Gasteiger partial charge in [0.15, 0.2) is 0 Å². The number of esters is 1. The maximum Gasteiger partial charge on any atom is 0.356 e. The van der Waals surface area contributed by atoms with Crippen LogP contribution in [0, 0.1) is 11.3 Å². The molecule has 0 atom stereocenters. The molecule has 20 heavy (non-hydrogen) atoms. The molecule has 1 aromatic heterocycles. The van der Waals surface area contributed by atoms with E-state index in [0.717, 1.165) is 31.6 Å². The Kier molecular flexibility index (Phi) is 4.91. The second kappa shape index (κ2) is 6.87. The minimum absolute atomic E-state index is 0.305. The molecule has 1 N–H and O–H groups in total. The normalized spacial score (nSPS) is 16.4. The van der Waals surface area contributed by atoms with Gasteiger partial charge < -0.3 is 10.1 Å². The summed E-state index contributed by atoms with van der Waals surface area (Å²) in [6, 6.07) is 6.08. The number of hydrogen-bond donors (Lipinski definition) is 1. The van der Waals surface area contributed by atoms with E-state index in [1.165, 1.54) is 7.11 Å². The topological polar surface area (TPSA) is 78.2 Å². The molecular formula is C14H18N4O2. The summed E-state index contributed by atoms with van der Waals surface area (Å²) >= 11 is 0. The van der Waals surface area contributed by atoms with Crippen molar-refractivity contribution in [3.63, 3.8) is 0 Å². The average molecular weight is 274 g/mol. The maximum atomic E-state index is 11.4. The Bertz CT molecular complexity index is 504. The first-order chi connectivity index (χ1) is 9.72. The van der Waals surface area contributed by atoms with Gasteiger partial charge in [-0.1, -0.05) is 0 Å². The molecule has 0 radical (unpaired) electrons. The van der Waals surface area contributed by atoms with Gasteiger partial charge in [-0.3, -0.25) is 4.90 Å². The number of nitrogens with one attached hydrogen (secondary N) is 1. The van der Waals surface area contributed by atoms with Crippen LogP contribution in [0.15, 0.2) is 18.3 Å². The molecule has 0 unspecified atom stereocenters. The van der Waals surface area contributed by atoms with Crippen LogP contribution in [0.25, 0.3) is 0 Å². The number of nitriles is 1. The van der Waals surface area contributed by atoms with E-state index < -0.39 is 5.97 Å². The van der Waals surface area contributed by atoms with Gasteiger partial charge in [0.05, 0.1) is 19.7 Å². The monoisotopic (exact) mass is 274 g/mol. The van der Waals surface area contributed by atoms with Gasteiger partial charge in [-0.25, -0.2) is 9.78 Å². The fourth-order valence-corrected chi connectivity index (χ4v) is 2.31. The number of ether oxygens (including phenoxy) is 1. The van der Waals surface area contributed by atoms with E-state index in [-0.39, 0.29) is 0 Å². The highest BCUT2D eigenvalue weighted by molar-refractivity contribution is 5.88. The molecule has 1 fully saturated rings. The number of likely N-dealkylation sites (tertiary alicyclic amines) is 1. The van der Waals surface area contributed by atoms with Gasteiger partial charge in [-0.2, -0.15) is 5.26 Å². The van der Waals surface area contributed by atoms with E-state index in [4.69, 9.17) is 5.26 Å². The molecule has 2 rings (SSSR count). The summed E-state index contributed by atoms with van der Waals surface area (Å²) in [6.07, 6.45) is 3.56. The molecule has 6 heteroatoms. The molecule has 0 aliphatic carbocycles. The number of carbonyl (C=O) groups excluding carboxylic acids is 1. The highest BCUT2D eigenvalue weighted by atomic mass is 16.5. The van der Waals surface area contributed by atoms with E-state index in [2.05, 4.69) is 26.0 Å². The first-order valence-corrected chi connectivity index (χ1v) is 6.63. The van der Waals surface area contributed by atoms with E-state index in [0.29, 0.717) is 18.3 Å². The van der Waals surface area contributed by atoms with Crippen molar-refractivity contribution in [2.75, 3.05) is 32.1 Å². The molecule has 1 saturated heterocycles. The first-order valence-electron chi connectivity index (χ1n) is 6.63. The van der Waals surface area contributed by atoms with Crippen LogP contribution in [0.1, 0.15) is 23.3 Å². The second-order valence-electron chi connectivity index (χ2n) is 4.77. The number of nitrogens with zero attached hydrogens (tertiary/aromatic N) is 3. The number of aromatic nitrogens is 1. The van der Waals surface area contributed by atoms with Gasteiger partial charge >= 0.3 is 5.97 Å². The largest absolute Gasteiger partial charge is 0.464 e. The number of rotatable bonds is 4. The zero-order valence-corrected chi connectivity index (χ0v) is 11.5. The number of anilines is 1. The lowest BCUT2D eigenvalue weighted by atomic mass is 10.0. The molecule has 1 aliphatic rings. The molecular weight excluding hydrogens is 256 g/mol. The van der Waals surface area contributed by atoms with Crippen LogP contribution in [-0.4, -0.2) is 48.6 Å². The Hall–Kier alpha value is -2.13. The predicted molar refractivity (Wildman–Crippen MR) is 74.3 cm³/mol. The summed E-state index contributed by atoms with van der Waals surface area (Å²) in [6.45, 7) is 2.33. The second-order valence-corrected chi connectivity index (χ2v) is 4.77. The number of methoxy groups -OCH3 is 1. The first kappa shape index (κ1) is 14.3. The zero-order valence-electron chi connectivity index (χ0n) is 11.5. The smallest absolute Gasteiger partial charge is 0.356 e. The van der Waals surface area contributed by atoms with Crippen molar-refractivity contribution in [1.29, 1.82) is 5.26 Å². The van der Waals surface area contributed by atoms with Gasteiger partial charge in [-0.05, 0) is 25.0 Å². The summed E-state index contributed by atoms with van der Waals surface area (Å²) in [7, 11) is 1.34. The molecule has 0 spiro atoms. The van der Waals surface area contributed by atoms with Crippen molar-refractivity contribution < 1.29 is 9.53 Å². The molecule has 106 valence electrons. The molecule has 0 aromatic carbocycles. The van der Waals surface area contributed by atoms with Crippen LogP contribution >= 0.6 is 0 Å².